The molecule has 0 saturated carbocycles. The molecule has 1 unspecified atom stereocenters. The molecule has 1 atom stereocenters. The zero-order valence-corrected chi connectivity index (χ0v) is 5.93. The Morgan fingerprint density at radius 3 is 2.62 bits per heavy atom. The fourth-order valence-electron chi connectivity index (χ4n) is 1.79. The Morgan fingerprint density at radius 2 is 2.50 bits per heavy atom. The van der Waals surface area contributed by atoms with Gasteiger partial charge < -0.3 is 0 Å². The maximum absolute atomic E-state index is 6.05. The summed E-state index contributed by atoms with van der Waals surface area (Å²) in [5.41, 5.74) is 6.05. The SMILES string of the molecule is N[PH]12C=CC(CC1)C2. The average molecular weight is 129 g/mol. The second kappa shape index (κ2) is 1.34. The van der Waals surface area contributed by atoms with Crippen molar-refractivity contribution in [3.05, 3.63) is 11.9 Å². The van der Waals surface area contributed by atoms with Gasteiger partial charge in [-0.05, 0) is 0 Å². The van der Waals surface area contributed by atoms with Crippen LogP contribution in [0.15, 0.2) is 11.9 Å². The van der Waals surface area contributed by atoms with Crippen LogP contribution in [-0.2, 0) is 0 Å². The Bertz CT molecular complexity index is 143. The van der Waals surface area contributed by atoms with Crippen molar-refractivity contribution in [2.24, 2.45) is 11.4 Å². The number of allylic oxidation sites excluding steroid dienone is 1. The van der Waals surface area contributed by atoms with Crippen molar-refractivity contribution < 1.29 is 0 Å². The molecule has 2 aliphatic heterocycles. The van der Waals surface area contributed by atoms with Gasteiger partial charge in [-0.3, -0.25) is 0 Å². The molecular formula is C6H12NP. The number of fused-ring (bicyclic) bond motifs is 2. The van der Waals surface area contributed by atoms with Gasteiger partial charge >= 0.3 is 49.5 Å². The van der Waals surface area contributed by atoms with Gasteiger partial charge in [0.15, 0.2) is 0 Å². The van der Waals surface area contributed by atoms with Gasteiger partial charge in [-0.2, -0.15) is 0 Å². The van der Waals surface area contributed by atoms with Crippen molar-refractivity contribution in [2.75, 3.05) is 12.3 Å². The molecular weight excluding hydrogens is 117 g/mol. The Balaban J connectivity index is 2.33. The zero-order valence-electron chi connectivity index (χ0n) is 4.93. The summed E-state index contributed by atoms with van der Waals surface area (Å²) in [6.07, 6.45) is 6.43. The van der Waals surface area contributed by atoms with Gasteiger partial charge in [0.25, 0.3) is 0 Å². The second-order valence-electron chi connectivity index (χ2n) is 3.10. The summed E-state index contributed by atoms with van der Waals surface area (Å²) in [6, 6.07) is 0. The molecule has 46 valence electrons. The minimum atomic E-state index is -1.17. The van der Waals surface area contributed by atoms with Crippen molar-refractivity contribution in [1.82, 2.24) is 0 Å². The fourth-order valence-corrected chi connectivity index (χ4v) is 5.18. The molecule has 2 aliphatic rings. The summed E-state index contributed by atoms with van der Waals surface area (Å²) >= 11 is 0. The van der Waals surface area contributed by atoms with E-state index in [2.05, 4.69) is 11.9 Å². The number of hydrogen-bond acceptors (Lipinski definition) is 1. The quantitative estimate of drug-likeness (QED) is 0.488. The van der Waals surface area contributed by atoms with Gasteiger partial charge in [-0.15, -0.1) is 0 Å². The van der Waals surface area contributed by atoms with Gasteiger partial charge in [-0.25, -0.2) is 0 Å². The first-order valence-corrected chi connectivity index (χ1v) is 5.84. The molecule has 1 saturated heterocycles. The van der Waals surface area contributed by atoms with Crippen LogP contribution < -0.4 is 5.50 Å². The van der Waals surface area contributed by atoms with Crippen molar-refractivity contribution in [1.29, 1.82) is 0 Å². The van der Waals surface area contributed by atoms with Crippen molar-refractivity contribution in [2.45, 2.75) is 6.42 Å². The average Bonchev–Trinajstić information content (AvgIpc) is 2.21. The molecule has 0 aromatic heterocycles. The van der Waals surface area contributed by atoms with E-state index in [1.165, 1.54) is 18.7 Å². The Labute approximate surface area is 50.3 Å². The molecule has 0 aromatic rings. The van der Waals surface area contributed by atoms with Gasteiger partial charge in [-0.1, -0.05) is 0 Å². The third kappa shape index (κ3) is 0.550. The van der Waals surface area contributed by atoms with Crippen molar-refractivity contribution in [3.63, 3.8) is 0 Å². The first-order valence-electron chi connectivity index (χ1n) is 3.27. The van der Waals surface area contributed by atoms with Crippen LogP contribution in [0.1, 0.15) is 6.42 Å². The summed E-state index contributed by atoms with van der Waals surface area (Å²) in [4.78, 5) is 0. The summed E-state index contributed by atoms with van der Waals surface area (Å²) in [7, 11) is -1.17. The van der Waals surface area contributed by atoms with Gasteiger partial charge in [0.2, 0.25) is 0 Å². The third-order valence-electron chi connectivity index (χ3n) is 2.32. The first kappa shape index (κ1) is 4.96. The Hall–Kier alpha value is 0.130. The summed E-state index contributed by atoms with van der Waals surface area (Å²) < 4.78 is 0. The number of rotatable bonds is 0. The van der Waals surface area contributed by atoms with Crippen LogP contribution in [0.4, 0.5) is 0 Å². The van der Waals surface area contributed by atoms with Crippen LogP contribution >= 0.6 is 7.41 Å². The molecule has 2 heteroatoms. The predicted octanol–water partition coefficient (Wildman–Crippen LogP) is 1.16. The van der Waals surface area contributed by atoms with Crippen LogP contribution in [0.25, 0.3) is 0 Å². The van der Waals surface area contributed by atoms with Crippen molar-refractivity contribution >= 4 is 7.41 Å². The fraction of sp³-hybridized carbons (Fsp3) is 0.667. The first-order chi connectivity index (χ1) is 3.79. The molecule has 2 rings (SSSR count). The van der Waals surface area contributed by atoms with E-state index in [1.54, 1.807) is 0 Å². The molecule has 2 bridgehead atoms. The molecule has 1 fully saturated rings. The number of hydrogen-bond donors (Lipinski definition) is 1. The summed E-state index contributed by atoms with van der Waals surface area (Å²) in [5.74, 6) is 3.22. The standard InChI is InChI=1S/C6H12NP/c7-8-3-1-6(5-8)2-4-8/h1,3,6,8H,2,4-5,7H2. The molecule has 0 radical (unpaired) electrons. The monoisotopic (exact) mass is 129 g/mol. The topological polar surface area (TPSA) is 26.0 Å². The molecule has 1 nitrogen and oxygen atoms in total. The van der Waals surface area contributed by atoms with Crippen LogP contribution in [-0.4, -0.2) is 12.3 Å². The van der Waals surface area contributed by atoms with Gasteiger partial charge in [0.05, 0.1) is 0 Å². The summed E-state index contributed by atoms with van der Waals surface area (Å²) in [5, 5.41) is 0. The zero-order chi connectivity index (χ0) is 5.61. The molecule has 0 spiro atoms. The third-order valence-corrected chi connectivity index (χ3v) is 5.68. The predicted molar refractivity (Wildman–Crippen MR) is 39.5 cm³/mol. The van der Waals surface area contributed by atoms with Crippen molar-refractivity contribution in [3.8, 4) is 0 Å². The van der Waals surface area contributed by atoms with E-state index in [9.17, 15) is 0 Å². The van der Waals surface area contributed by atoms with Crippen LogP contribution in [0.2, 0.25) is 0 Å². The van der Waals surface area contributed by atoms with E-state index >= 15 is 0 Å². The van der Waals surface area contributed by atoms with Crippen LogP contribution in [0, 0.1) is 5.92 Å². The molecule has 8 heavy (non-hydrogen) atoms. The van der Waals surface area contributed by atoms with Crippen LogP contribution in [0.3, 0.4) is 0 Å². The van der Waals surface area contributed by atoms with Gasteiger partial charge in [0, 0.05) is 0 Å². The van der Waals surface area contributed by atoms with E-state index < -0.39 is 7.41 Å². The molecule has 0 aliphatic carbocycles. The molecule has 0 aromatic carbocycles. The Morgan fingerprint density at radius 1 is 1.62 bits per heavy atom. The van der Waals surface area contributed by atoms with Gasteiger partial charge in [0.1, 0.15) is 0 Å². The maximum atomic E-state index is 6.05. The van der Waals surface area contributed by atoms with E-state index in [0.717, 1.165) is 5.92 Å². The van der Waals surface area contributed by atoms with E-state index in [-0.39, 0.29) is 0 Å². The van der Waals surface area contributed by atoms with Crippen LogP contribution in [0.5, 0.6) is 0 Å². The van der Waals surface area contributed by atoms with E-state index in [4.69, 9.17) is 5.50 Å². The Kier molecular flexibility index (Phi) is 0.832. The van der Waals surface area contributed by atoms with E-state index in [1.807, 2.05) is 0 Å². The normalized spacial score (nSPS) is 42.9. The molecule has 2 N–H and O–H groups in total. The molecule has 2 heterocycles. The summed E-state index contributed by atoms with van der Waals surface area (Å²) in [6.45, 7) is 0. The van der Waals surface area contributed by atoms with E-state index in [0.29, 0.717) is 0 Å². The molecule has 0 amide bonds. The minimum absolute atomic E-state index is 0.895. The number of nitrogens with two attached hydrogens (primary N) is 1. The second-order valence-corrected chi connectivity index (χ2v) is 6.80.